The van der Waals surface area contributed by atoms with Crippen molar-refractivity contribution >= 4 is 11.6 Å². The van der Waals surface area contributed by atoms with Crippen LogP contribution in [-0.4, -0.2) is 19.1 Å². The van der Waals surface area contributed by atoms with E-state index in [1.54, 1.807) is 7.11 Å². The molecule has 146 valence electrons. The molecule has 0 aliphatic carbocycles. The molecule has 0 saturated carbocycles. The fourth-order valence-electron chi connectivity index (χ4n) is 4.63. The molecule has 0 bridgehead atoms. The Bertz CT molecular complexity index is 992. The molecule has 4 atom stereocenters. The number of amides is 1. The molecule has 1 amide bonds. The number of hydrogen-bond donors (Lipinski definition) is 2. The Kier molecular flexibility index (Phi) is 4.54. The molecule has 2 aliphatic heterocycles. The van der Waals surface area contributed by atoms with Crippen molar-refractivity contribution in [2.24, 2.45) is 5.92 Å². The summed E-state index contributed by atoms with van der Waals surface area (Å²) in [6, 6.07) is 28.0. The highest BCUT2D eigenvalue weighted by Gasteiger charge is 2.55. The number of hydrazine groups is 1. The molecule has 5 nitrogen and oxygen atoms in total. The molecular formula is C24H23N3O2. The van der Waals surface area contributed by atoms with Gasteiger partial charge in [-0.15, -0.1) is 0 Å². The van der Waals surface area contributed by atoms with Crippen LogP contribution in [0.5, 0.6) is 5.75 Å². The summed E-state index contributed by atoms with van der Waals surface area (Å²) in [5, 5.41) is 0. The Balaban J connectivity index is 1.62. The average Bonchev–Trinajstić information content (AvgIpc) is 3.34. The van der Waals surface area contributed by atoms with E-state index >= 15 is 0 Å². The van der Waals surface area contributed by atoms with Gasteiger partial charge in [0.2, 0.25) is 5.91 Å². The molecule has 2 fully saturated rings. The normalized spacial score (nSPS) is 25.8. The maximum atomic E-state index is 13.5. The summed E-state index contributed by atoms with van der Waals surface area (Å²) >= 11 is 0. The van der Waals surface area contributed by atoms with Gasteiger partial charge in [0.15, 0.2) is 0 Å². The summed E-state index contributed by atoms with van der Waals surface area (Å²) in [6.07, 6.45) is 0. The number of ether oxygens (including phenoxy) is 1. The lowest BCUT2D eigenvalue weighted by Gasteiger charge is -2.31. The van der Waals surface area contributed by atoms with Gasteiger partial charge in [-0.25, -0.2) is 10.9 Å². The molecule has 3 aromatic rings. The average molecular weight is 385 g/mol. The molecule has 5 rings (SSSR count). The number of methoxy groups -OCH3 is 1. The van der Waals surface area contributed by atoms with Crippen LogP contribution in [0.4, 0.5) is 5.69 Å². The van der Waals surface area contributed by atoms with Crippen LogP contribution in [0.3, 0.4) is 0 Å². The van der Waals surface area contributed by atoms with Crippen LogP contribution in [0.2, 0.25) is 0 Å². The van der Waals surface area contributed by atoms with Crippen LogP contribution in [0, 0.1) is 5.92 Å². The van der Waals surface area contributed by atoms with Crippen molar-refractivity contribution in [2.45, 2.75) is 18.1 Å². The summed E-state index contributed by atoms with van der Waals surface area (Å²) < 4.78 is 5.34. The van der Waals surface area contributed by atoms with Crippen molar-refractivity contribution in [3.05, 3.63) is 96.1 Å². The molecule has 2 aliphatic rings. The van der Waals surface area contributed by atoms with E-state index in [0.717, 1.165) is 17.0 Å². The lowest BCUT2D eigenvalue weighted by molar-refractivity contribution is -0.119. The summed E-state index contributed by atoms with van der Waals surface area (Å²) in [5.41, 5.74) is 9.84. The van der Waals surface area contributed by atoms with Crippen molar-refractivity contribution in [1.29, 1.82) is 0 Å². The van der Waals surface area contributed by atoms with Gasteiger partial charge in [0.05, 0.1) is 19.2 Å². The summed E-state index contributed by atoms with van der Waals surface area (Å²) in [4.78, 5) is 15.4. The van der Waals surface area contributed by atoms with Crippen LogP contribution >= 0.6 is 0 Å². The molecule has 5 heteroatoms. The lowest BCUT2D eigenvalue weighted by Crippen LogP contribution is -2.41. The minimum Gasteiger partial charge on any atom is -0.497 e. The number of carbonyl (C=O) groups excluding carboxylic acids is 1. The van der Waals surface area contributed by atoms with Crippen molar-refractivity contribution in [3.8, 4) is 5.75 Å². The minimum absolute atomic E-state index is 0.0333. The van der Waals surface area contributed by atoms with Gasteiger partial charge in [-0.1, -0.05) is 60.7 Å². The van der Waals surface area contributed by atoms with Gasteiger partial charge in [-0.05, 0) is 35.4 Å². The number of rotatable bonds is 4. The van der Waals surface area contributed by atoms with Gasteiger partial charge in [0, 0.05) is 11.6 Å². The van der Waals surface area contributed by atoms with Crippen LogP contribution in [0.25, 0.3) is 0 Å². The van der Waals surface area contributed by atoms with Crippen LogP contribution in [0.15, 0.2) is 84.9 Å². The molecular weight excluding hydrogens is 362 g/mol. The summed E-state index contributed by atoms with van der Waals surface area (Å²) in [7, 11) is 1.66. The number of hydrogen-bond acceptors (Lipinski definition) is 4. The van der Waals surface area contributed by atoms with Gasteiger partial charge in [-0.2, -0.15) is 0 Å². The largest absolute Gasteiger partial charge is 0.497 e. The Labute approximate surface area is 170 Å². The van der Waals surface area contributed by atoms with E-state index in [0.29, 0.717) is 0 Å². The molecule has 2 heterocycles. The van der Waals surface area contributed by atoms with E-state index in [9.17, 15) is 4.79 Å². The summed E-state index contributed by atoms with van der Waals surface area (Å²) in [6.45, 7) is 0. The van der Waals surface area contributed by atoms with Crippen molar-refractivity contribution in [2.75, 3.05) is 12.0 Å². The number of fused-ring (bicyclic) bond motifs is 1. The third-order valence-electron chi connectivity index (χ3n) is 5.96. The number of carbonyl (C=O) groups is 1. The highest BCUT2D eigenvalue weighted by Crippen LogP contribution is 2.48. The molecule has 0 spiro atoms. The molecule has 0 aromatic heterocycles. The Morgan fingerprint density at radius 1 is 0.759 bits per heavy atom. The fraction of sp³-hybridized carbons (Fsp3) is 0.208. The van der Waals surface area contributed by atoms with Crippen LogP contribution < -0.4 is 20.5 Å². The van der Waals surface area contributed by atoms with Gasteiger partial charge in [-0.3, -0.25) is 4.79 Å². The third-order valence-corrected chi connectivity index (χ3v) is 5.96. The van der Waals surface area contributed by atoms with Crippen molar-refractivity contribution in [1.82, 2.24) is 10.9 Å². The lowest BCUT2D eigenvalue weighted by atomic mass is 9.83. The molecule has 2 N–H and O–H groups in total. The maximum Gasteiger partial charge on any atom is 0.246 e. The van der Waals surface area contributed by atoms with E-state index in [4.69, 9.17) is 4.74 Å². The van der Waals surface area contributed by atoms with Crippen molar-refractivity contribution in [3.63, 3.8) is 0 Å². The molecule has 4 unspecified atom stereocenters. The maximum absolute atomic E-state index is 13.5. The zero-order valence-corrected chi connectivity index (χ0v) is 16.2. The molecule has 2 saturated heterocycles. The standard InChI is InChI=1S/C24H23N3O2/c1-29-19-14-12-17(13-15-19)23-20-21(16-8-4-2-5-9-16)25-26-22(20)24(28)27(23)18-10-6-3-7-11-18/h2-15,20-23,25-26H,1H3. The second-order valence-corrected chi connectivity index (χ2v) is 7.49. The van der Waals surface area contributed by atoms with E-state index in [1.165, 1.54) is 5.56 Å². The van der Waals surface area contributed by atoms with Crippen LogP contribution in [-0.2, 0) is 4.79 Å². The monoisotopic (exact) mass is 385 g/mol. The number of benzene rings is 3. The first-order chi connectivity index (χ1) is 14.3. The first kappa shape index (κ1) is 17.9. The van der Waals surface area contributed by atoms with Gasteiger partial charge >= 0.3 is 0 Å². The zero-order chi connectivity index (χ0) is 19.8. The van der Waals surface area contributed by atoms with E-state index in [2.05, 4.69) is 35.1 Å². The van der Waals surface area contributed by atoms with Crippen LogP contribution in [0.1, 0.15) is 23.2 Å². The predicted molar refractivity (Wildman–Crippen MR) is 112 cm³/mol. The minimum atomic E-state index is -0.285. The number of anilines is 1. The smallest absolute Gasteiger partial charge is 0.246 e. The Morgan fingerprint density at radius 2 is 1.38 bits per heavy atom. The van der Waals surface area contributed by atoms with E-state index in [1.807, 2.05) is 65.6 Å². The second kappa shape index (κ2) is 7.35. The fourth-order valence-corrected chi connectivity index (χ4v) is 4.63. The first-order valence-electron chi connectivity index (χ1n) is 9.86. The highest BCUT2D eigenvalue weighted by molar-refractivity contribution is 6.01. The Hall–Kier alpha value is -3.15. The SMILES string of the molecule is COc1ccc(C2C3C(NNC3c3ccccc3)C(=O)N2c2ccccc2)cc1. The predicted octanol–water partition coefficient (Wildman–Crippen LogP) is 3.62. The second-order valence-electron chi connectivity index (χ2n) is 7.49. The van der Waals surface area contributed by atoms with E-state index < -0.39 is 0 Å². The van der Waals surface area contributed by atoms with E-state index in [-0.39, 0.29) is 30.0 Å². The van der Waals surface area contributed by atoms with Crippen molar-refractivity contribution < 1.29 is 9.53 Å². The number of nitrogens with zero attached hydrogens (tertiary/aromatic N) is 1. The third kappa shape index (κ3) is 2.99. The first-order valence-corrected chi connectivity index (χ1v) is 9.86. The Morgan fingerprint density at radius 3 is 2.03 bits per heavy atom. The zero-order valence-electron chi connectivity index (χ0n) is 16.2. The van der Waals surface area contributed by atoms with Gasteiger partial charge < -0.3 is 9.64 Å². The molecule has 3 aromatic carbocycles. The quantitative estimate of drug-likeness (QED) is 0.720. The highest BCUT2D eigenvalue weighted by atomic mass is 16.5. The molecule has 0 radical (unpaired) electrons. The number of para-hydroxylation sites is 1. The van der Waals surface area contributed by atoms with Gasteiger partial charge in [0.1, 0.15) is 11.8 Å². The van der Waals surface area contributed by atoms with Gasteiger partial charge in [0.25, 0.3) is 0 Å². The summed E-state index contributed by atoms with van der Waals surface area (Å²) in [5.74, 6) is 0.953. The topological polar surface area (TPSA) is 53.6 Å². The molecule has 29 heavy (non-hydrogen) atoms. The number of nitrogens with one attached hydrogen (secondary N) is 2.